The standard InChI is InChI=1S/C16H28N4/c1-5-17-15-13(4)16(19-14(18-15)12(2)3)20-10-8-6-7-9-11-20/h12H,5-11H2,1-4H3,(H,17,18,19). The van der Waals surface area contributed by atoms with Gasteiger partial charge in [0.05, 0.1) is 0 Å². The lowest BCUT2D eigenvalue weighted by atomic mass is 10.2. The summed E-state index contributed by atoms with van der Waals surface area (Å²) in [5.74, 6) is 3.46. The summed E-state index contributed by atoms with van der Waals surface area (Å²) in [7, 11) is 0. The molecular formula is C16H28N4. The molecule has 0 bridgehead atoms. The maximum Gasteiger partial charge on any atom is 0.137 e. The molecule has 0 saturated carbocycles. The van der Waals surface area contributed by atoms with Gasteiger partial charge in [-0.1, -0.05) is 26.7 Å². The van der Waals surface area contributed by atoms with Crippen LogP contribution >= 0.6 is 0 Å². The molecule has 1 aromatic heterocycles. The van der Waals surface area contributed by atoms with Crippen LogP contribution in [0.3, 0.4) is 0 Å². The molecule has 112 valence electrons. The Balaban J connectivity index is 2.38. The monoisotopic (exact) mass is 276 g/mol. The van der Waals surface area contributed by atoms with Gasteiger partial charge in [-0.3, -0.25) is 0 Å². The second kappa shape index (κ2) is 6.91. The van der Waals surface area contributed by atoms with Crippen LogP contribution in [0, 0.1) is 6.92 Å². The number of hydrogen-bond acceptors (Lipinski definition) is 4. The van der Waals surface area contributed by atoms with E-state index in [1.54, 1.807) is 0 Å². The first-order chi connectivity index (χ1) is 9.63. The molecule has 4 heteroatoms. The van der Waals surface area contributed by atoms with E-state index < -0.39 is 0 Å². The third kappa shape index (κ3) is 3.41. The average molecular weight is 276 g/mol. The molecule has 2 rings (SSSR count). The van der Waals surface area contributed by atoms with Crippen LogP contribution in [0.5, 0.6) is 0 Å². The predicted octanol–water partition coefficient (Wildman–Crippen LogP) is 3.72. The molecule has 1 N–H and O–H groups in total. The van der Waals surface area contributed by atoms with E-state index in [1.165, 1.54) is 31.2 Å². The first kappa shape index (κ1) is 15.1. The van der Waals surface area contributed by atoms with Crippen LogP contribution < -0.4 is 10.2 Å². The maximum absolute atomic E-state index is 4.85. The van der Waals surface area contributed by atoms with E-state index in [0.29, 0.717) is 5.92 Å². The zero-order valence-electron chi connectivity index (χ0n) is 13.4. The zero-order valence-corrected chi connectivity index (χ0v) is 13.4. The molecule has 1 fully saturated rings. The number of rotatable bonds is 4. The van der Waals surface area contributed by atoms with E-state index >= 15 is 0 Å². The predicted molar refractivity (Wildman–Crippen MR) is 85.7 cm³/mol. The zero-order chi connectivity index (χ0) is 14.5. The molecule has 4 nitrogen and oxygen atoms in total. The second-order valence-electron chi connectivity index (χ2n) is 5.97. The fourth-order valence-electron chi connectivity index (χ4n) is 2.71. The van der Waals surface area contributed by atoms with Crippen LogP contribution in [-0.2, 0) is 0 Å². The molecule has 1 aliphatic rings. The van der Waals surface area contributed by atoms with Crippen molar-refractivity contribution < 1.29 is 0 Å². The van der Waals surface area contributed by atoms with Gasteiger partial charge in [-0.15, -0.1) is 0 Å². The van der Waals surface area contributed by atoms with Crippen molar-refractivity contribution in [3.05, 3.63) is 11.4 Å². The van der Waals surface area contributed by atoms with E-state index in [2.05, 4.69) is 37.9 Å². The molecule has 1 aliphatic heterocycles. The van der Waals surface area contributed by atoms with E-state index in [0.717, 1.165) is 37.1 Å². The molecule has 2 heterocycles. The fraction of sp³-hybridized carbons (Fsp3) is 0.750. The summed E-state index contributed by atoms with van der Waals surface area (Å²) >= 11 is 0. The van der Waals surface area contributed by atoms with E-state index in [-0.39, 0.29) is 0 Å². The van der Waals surface area contributed by atoms with E-state index in [4.69, 9.17) is 9.97 Å². The average Bonchev–Trinajstić information content (AvgIpc) is 2.70. The molecule has 1 aromatic rings. The topological polar surface area (TPSA) is 41.1 Å². The quantitative estimate of drug-likeness (QED) is 0.910. The van der Waals surface area contributed by atoms with Crippen LogP contribution in [0.15, 0.2) is 0 Å². The molecule has 0 atom stereocenters. The lowest BCUT2D eigenvalue weighted by Gasteiger charge is -2.25. The summed E-state index contributed by atoms with van der Waals surface area (Å²) in [6.07, 6.45) is 5.24. The minimum absolute atomic E-state index is 0.360. The van der Waals surface area contributed by atoms with Crippen molar-refractivity contribution in [1.82, 2.24) is 9.97 Å². The van der Waals surface area contributed by atoms with Gasteiger partial charge in [0, 0.05) is 31.1 Å². The molecule has 0 amide bonds. The first-order valence-corrected chi connectivity index (χ1v) is 8.00. The highest BCUT2D eigenvalue weighted by Crippen LogP contribution is 2.27. The fourth-order valence-corrected chi connectivity index (χ4v) is 2.71. The Hall–Kier alpha value is -1.32. The van der Waals surface area contributed by atoms with Gasteiger partial charge < -0.3 is 10.2 Å². The van der Waals surface area contributed by atoms with Crippen LogP contribution in [0.2, 0.25) is 0 Å². The molecule has 20 heavy (non-hydrogen) atoms. The first-order valence-electron chi connectivity index (χ1n) is 8.00. The Morgan fingerprint density at radius 3 is 2.30 bits per heavy atom. The molecule has 0 aliphatic carbocycles. The Morgan fingerprint density at radius 2 is 1.75 bits per heavy atom. The van der Waals surface area contributed by atoms with Gasteiger partial charge in [-0.25, -0.2) is 9.97 Å². The van der Waals surface area contributed by atoms with Crippen molar-refractivity contribution in [2.45, 2.75) is 59.3 Å². The molecule has 1 saturated heterocycles. The normalized spacial score (nSPS) is 16.4. The minimum atomic E-state index is 0.360. The summed E-state index contributed by atoms with van der Waals surface area (Å²) in [6.45, 7) is 11.7. The van der Waals surface area contributed by atoms with Crippen molar-refractivity contribution in [2.75, 3.05) is 29.9 Å². The third-order valence-electron chi connectivity index (χ3n) is 3.90. The molecular weight excluding hydrogens is 248 g/mol. The smallest absolute Gasteiger partial charge is 0.137 e. The van der Waals surface area contributed by atoms with Gasteiger partial charge in [0.15, 0.2) is 0 Å². The largest absolute Gasteiger partial charge is 0.370 e. The Kier molecular flexibility index (Phi) is 5.21. The van der Waals surface area contributed by atoms with Gasteiger partial charge in [0.2, 0.25) is 0 Å². The highest BCUT2D eigenvalue weighted by Gasteiger charge is 2.18. The van der Waals surface area contributed by atoms with Crippen LogP contribution in [0.4, 0.5) is 11.6 Å². The van der Waals surface area contributed by atoms with E-state index in [9.17, 15) is 0 Å². The Morgan fingerprint density at radius 1 is 1.10 bits per heavy atom. The SMILES string of the molecule is CCNc1nc(C(C)C)nc(N2CCCCCC2)c1C. The third-order valence-corrected chi connectivity index (χ3v) is 3.90. The van der Waals surface area contributed by atoms with Crippen molar-refractivity contribution in [3.8, 4) is 0 Å². The molecule has 0 aromatic carbocycles. The van der Waals surface area contributed by atoms with Crippen molar-refractivity contribution in [3.63, 3.8) is 0 Å². The Labute approximate surface area is 123 Å². The molecule has 0 unspecified atom stereocenters. The number of nitrogens with zero attached hydrogens (tertiary/aromatic N) is 3. The second-order valence-corrected chi connectivity index (χ2v) is 5.97. The summed E-state index contributed by atoms with van der Waals surface area (Å²) in [5, 5.41) is 3.39. The summed E-state index contributed by atoms with van der Waals surface area (Å²) in [5.41, 5.74) is 1.19. The summed E-state index contributed by atoms with van der Waals surface area (Å²) < 4.78 is 0. The lowest BCUT2D eigenvalue weighted by molar-refractivity contribution is 0.726. The number of aromatic nitrogens is 2. The minimum Gasteiger partial charge on any atom is -0.370 e. The van der Waals surface area contributed by atoms with Crippen LogP contribution in [0.25, 0.3) is 0 Å². The molecule has 0 spiro atoms. The van der Waals surface area contributed by atoms with Crippen molar-refractivity contribution >= 4 is 11.6 Å². The van der Waals surface area contributed by atoms with Crippen LogP contribution in [-0.4, -0.2) is 29.6 Å². The number of anilines is 2. The van der Waals surface area contributed by atoms with E-state index in [1.807, 2.05) is 0 Å². The highest BCUT2D eigenvalue weighted by molar-refractivity contribution is 5.59. The van der Waals surface area contributed by atoms with Gasteiger partial charge in [0.25, 0.3) is 0 Å². The van der Waals surface area contributed by atoms with Gasteiger partial charge in [-0.05, 0) is 26.7 Å². The van der Waals surface area contributed by atoms with Gasteiger partial charge in [0.1, 0.15) is 17.5 Å². The number of nitrogens with one attached hydrogen (secondary N) is 1. The maximum atomic E-state index is 4.85. The number of hydrogen-bond donors (Lipinski definition) is 1. The summed E-state index contributed by atoms with van der Waals surface area (Å²) in [4.78, 5) is 12.0. The summed E-state index contributed by atoms with van der Waals surface area (Å²) in [6, 6.07) is 0. The van der Waals surface area contributed by atoms with Crippen LogP contribution in [0.1, 0.15) is 63.8 Å². The van der Waals surface area contributed by atoms with Gasteiger partial charge >= 0.3 is 0 Å². The lowest BCUT2D eigenvalue weighted by Crippen LogP contribution is -2.27. The molecule has 0 radical (unpaired) electrons. The van der Waals surface area contributed by atoms with Crippen molar-refractivity contribution in [2.24, 2.45) is 0 Å². The van der Waals surface area contributed by atoms with Gasteiger partial charge in [-0.2, -0.15) is 0 Å². The highest BCUT2D eigenvalue weighted by atomic mass is 15.2. The van der Waals surface area contributed by atoms with Crippen molar-refractivity contribution in [1.29, 1.82) is 0 Å². The Bertz CT molecular complexity index is 434.